The van der Waals surface area contributed by atoms with Crippen LogP contribution < -0.4 is 5.32 Å². The average Bonchev–Trinajstić information content (AvgIpc) is 2.73. The van der Waals surface area contributed by atoms with Crippen LogP contribution in [0.5, 0.6) is 0 Å². The van der Waals surface area contributed by atoms with Crippen LogP contribution in [0.1, 0.15) is 49.4 Å². The van der Waals surface area contributed by atoms with Crippen molar-refractivity contribution in [3.05, 3.63) is 29.1 Å². The number of hydrogen-bond donors (Lipinski definition) is 1. The lowest BCUT2D eigenvalue weighted by atomic mass is 9.96. The smallest absolute Gasteiger partial charge is 0.378 e. The second-order valence-corrected chi connectivity index (χ2v) is 8.02. The Labute approximate surface area is 174 Å². The number of hydrogen-bond acceptors (Lipinski definition) is 4. The summed E-state index contributed by atoms with van der Waals surface area (Å²) in [5.41, 5.74) is 0.309. The summed E-state index contributed by atoms with van der Waals surface area (Å²) in [6, 6.07) is 0.900. The van der Waals surface area contributed by atoms with Gasteiger partial charge in [-0.15, -0.1) is 0 Å². The molecular weight excluding hydrogens is 402 g/mol. The largest absolute Gasteiger partial charge is 0.417 e. The zero-order chi connectivity index (χ0) is 21.7. The molecule has 3 atom stereocenters. The predicted molar refractivity (Wildman–Crippen MR) is 103 cm³/mol. The van der Waals surface area contributed by atoms with Gasteiger partial charge in [-0.2, -0.15) is 13.2 Å². The van der Waals surface area contributed by atoms with E-state index >= 15 is 0 Å². The molecule has 1 aromatic rings. The molecule has 1 amide bonds. The Morgan fingerprint density at radius 3 is 2.93 bits per heavy atom. The summed E-state index contributed by atoms with van der Waals surface area (Å²) in [4.78, 5) is 18.5. The Bertz CT molecular complexity index is 729. The van der Waals surface area contributed by atoms with E-state index < -0.39 is 17.9 Å². The number of halogens is 4. The molecule has 1 N–H and O–H groups in total. The summed E-state index contributed by atoms with van der Waals surface area (Å²) in [5.74, 6) is -0.224. The first-order chi connectivity index (χ1) is 14.3. The van der Waals surface area contributed by atoms with Gasteiger partial charge in [0.1, 0.15) is 6.17 Å². The van der Waals surface area contributed by atoms with E-state index in [9.17, 15) is 22.4 Å². The second-order valence-electron chi connectivity index (χ2n) is 8.02. The number of pyridine rings is 1. The van der Waals surface area contributed by atoms with Gasteiger partial charge >= 0.3 is 6.18 Å². The summed E-state index contributed by atoms with van der Waals surface area (Å²) >= 11 is 0. The van der Waals surface area contributed by atoms with E-state index in [1.807, 2.05) is 6.92 Å². The van der Waals surface area contributed by atoms with Crippen LogP contribution in [0.25, 0.3) is 0 Å². The van der Waals surface area contributed by atoms with Gasteiger partial charge in [-0.05, 0) is 43.9 Å². The van der Waals surface area contributed by atoms with Crippen molar-refractivity contribution in [2.24, 2.45) is 5.92 Å². The maximum atomic E-state index is 13.8. The highest BCUT2D eigenvalue weighted by atomic mass is 19.4. The summed E-state index contributed by atoms with van der Waals surface area (Å²) in [6.07, 6.45) is -1.45. The van der Waals surface area contributed by atoms with Crippen LogP contribution in [0, 0.1) is 5.92 Å². The molecule has 0 radical (unpaired) electrons. The highest BCUT2D eigenvalue weighted by molar-refractivity contribution is 5.79. The Kier molecular flexibility index (Phi) is 7.68. The topological polar surface area (TPSA) is 54.5 Å². The number of aromatic nitrogens is 1. The molecule has 2 unspecified atom stereocenters. The van der Waals surface area contributed by atoms with Gasteiger partial charge in [0.15, 0.2) is 0 Å². The number of fused-ring (bicyclic) bond motifs is 1. The fourth-order valence-corrected chi connectivity index (χ4v) is 4.10. The zero-order valence-corrected chi connectivity index (χ0v) is 17.2. The van der Waals surface area contributed by atoms with Crippen molar-refractivity contribution in [2.45, 2.75) is 64.0 Å². The average molecular weight is 431 g/mol. The minimum atomic E-state index is -4.45. The number of amides is 1. The molecule has 0 aromatic carbocycles. The first-order valence-corrected chi connectivity index (χ1v) is 10.6. The molecule has 1 saturated heterocycles. The fraction of sp³-hybridized carbons (Fsp3) is 0.714. The molecule has 3 rings (SSSR count). The zero-order valence-electron chi connectivity index (χ0n) is 17.2. The third kappa shape index (κ3) is 5.69. The van der Waals surface area contributed by atoms with Crippen LogP contribution in [-0.2, 0) is 28.7 Å². The Hall–Kier alpha value is -1.74. The van der Waals surface area contributed by atoms with Crippen molar-refractivity contribution in [2.75, 3.05) is 26.3 Å². The van der Waals surface area contributed by atoms with Crippen molar-refractivity contribution >= 4 is 5.91 Å². The molecule has 3 heterocycles. The molecule has 0 aliphatic carbocycles. The summed E-state index contributed by atoms with van der Waals surface area (Å²) in [5, 5.41) is 3.21. The number of carbonyl (C=O) groups excluding carboxylic acids is 1. The Morgan fingerprint density at radius 1 is 1.43 bits per heavy atom. The minimum absolute atomic E-state index is 0.0324. The normalized spacial score (nSPS) is 23.2. The van der Waals surface area contributed by atoms with Gasteiger partial charge < -0.3 is 15.0 Å². The van der Waals surface area contributed by atoms with E-state index in [0.717, 1.165) is 18.7 Å². The van der Waals surface area contributed by atoms with Crippen molar-refractivity contribution in [1.82, 2.24) is 15.2 Å². The van der Waals surface area contributed by atoms with Crippen molar-refractivity contribution in [3.8, 4) is 0 Å². The summed E-state index contributed by atoms with van der Waals surface area (Å²) < 4.78 is 57.8. The van der Waals surface area contributed by atoms with Crippen LogP contribution in [-0.4, -0.2) is 54.3 Å². The molecule has 30 heavy (non-hydrogen) atoms. The van der Waals surface area contributed by atoms with Crippen molar-refractivity contribution < 1.29 is 27.1 Å². The third-order valence-electron chi connectivity index (χ3n) is 5.94. The lowest BCUT2D eigenvalue weighted by Gasteiger charge is -2.32. The number of nitrogens with zero attached hydrogens (tertiary/aromatic N) is 2. The molecule has 1 fully saturated rings. The summed E-state index contributed by atoms with van der Waals surface area (Å²) in [6.45, 7) is 3.85. The van der Waals surface area contributed by atoms with Crippen LogP contribution in [0.15, 0.2) is 12.3 Å². The SMILES string of the molecule is CC[C@H](CCCNC1CCOCC1F)C(=O)N1CCc2ncc(C(F)(F)F)cc2C1. The molecule has 9 heteroatoms. The quantitative estimate of drug-likeness (QED) is 0.530. The second kappa shape index (κ2) is 10.0. The molecule has 0 bridgehead atoms. The first-order valence-electron chi connectivity index (χ1n) is 10.6. The predicted octanol–water partition coefficient (Wildman–Crippen LogP) is 3.51. The lowest BCUT2D eigenvalue weighted by Crippen LogP contribution is -2.44. The molecule has 0 spiro atoms. The van der Waals surface area contributed by atoms with Crippen LogP contribution >= 0.6 is 0 Å². The van der Waals surface area contributed by atoms with Gasteiger partial charge in [-0.1, -0.05) is 6.92 Å². The minimum Gasteiger partial charge on any atom is -0.378 e. The van der Waals surface area contributed by atoms with Crippen molar-refractivity contribution in [1.29, 1.82) is 0 Å². The van der Waals surface area contributed by atoms with Crippen LogP contribution in [0.3, 0.4) is 0 Å². The molecule has 2 aliphatic rings. The van der Waals surface area contributed by atoms with Gasteiger partial charge in [-0.3, -0.25) is 9.78 Å². The van der Waals surface area contributed by atoms with E-state index in [1.54, 1.807) is 4.90 Å². The van der Waals surface area contributed by atoms with E-state index in [-0.39, 0.29) is 31.0 Å². The first kappa shape index (κ1) is 22.9. The molecule has 2 aliphatic heterocycles. The molecule has 1 aromatic heterocycles. The van der Waals surface area contributed by atoms with Gasteiger partial charge in [0.2, 0.25) is 5.91 Å². The van der Waals surface area contributed by atoms with Gasteiger partial charge in [0.05, 0.1) is 12.2 Å². The number of nitrogens with one attached hydrogen (secondary N) is 1. The molecule has 168 valence electrons. The molecule has 0 saturated carbocycles. The fourth-order valence-electron chi connectivity index (χ4n) is 4.10. The lowest BCUT2D eigenvalue weighted by molar-refractivity contribution is -0.138. The maximum Gasteiger partial charge on any atom is 0.417 e. The molecular formula is C21H29F4N3O2. The highest BCUT2D eigenvalue weighted by Crippen LogP contribution is 2.31. The van der Waals surface area contributed by atoms with Gasteiger partial charge in [-0.25, -0.2) is 4.39 Å². The van der Waals surface area contributed by atoms with Gasteiger partial charge in [0.25, 0.3) is 0 Å². The monoisotopic (exact) mass is 431 g/mol. The van der Waals surface area contributed by atoms with E-state index in [1.165, 1.54) is 0 Å². The Balaban J connectivity index is 1.52. The molecule has 5 nitrogen and oxygen atoms in total. The number of alkyl halides is 4. The van der Waals surface area contributed by atoms with Crippen LogP contribution in [0.4, 0.5) is 17.6 Å². The van der Waals surface area contributed by atoms with Gasteiger partial charge in [0, 0.05) is 50.0 Å². The third-order valence-corrected chi connectivity index (χ3v) is 5.94. The number of carbonyl (C=O) groups is 1. The number of rotatable bonds is 7. The highest BCUT2D eigenvalue weighted by Gasteiger charge is 2.33. The number of ether oxygens (including phenoxy) is 1. The summed E-state index contributed by atoms with van der Waals surface area (Å²) in [7, 11) is 0. The Morgan fingerprint density at radius 2 is 2.23 bits per heavy atom. The van der Waals surface area contributed by atoms with E-state index in [4.69, 9.17) is 4.74 Å². The van der Waals surface area contributed by atoms with Crippen LogP contribution in [0.2, 0.25) is 0 Å². The van der Waals surface area contributed by atoms with E-state index in [0.29, 0.717) is 56.6 Å². The standard InChI is InChI=1S/C21H29F4N3O2/c1-2-14(4-3-7-26-19-6-9-30-13-17(19)22)20(29)28-8-5-18-15(12-28)10-16(11-27-18)21(23,24)25/h10-11,14,17,19,26H,2-9,12-13H2,1H3/t14-,17?,19?/m1/s1. The van der Waals surface area contributed by atoms with E-state index in [2.05, 4.69) is 10.3 Å². The maximum absolute atomic E-state index is 13.8. The van der Waals surface area contributed by atoms with Crippen molar-refractivity contribution in [3.63, 3.8) is 0 Å².